The predicted molar refractivity (Wildman–Crippen MR) is 79.5 cm³/mol. The molecule has 1 aromatic heterocycles. The zero-order valence-corrected chi connectivity index (χ0v) is 12.7. The first-order valence-electron chi connectivity index (χ1n) is 5.30. The summed E-state index contributed by atoms with van der Waals surface area (Å²) in [6.07, 6.45) is 0.743. The Morgan fingerprint density at radius 2 is 2.33 bits per heavy atom. The van der Waals surface area contributed by atoms with Crippen LogP contribution in [0.1, 0.15) is 16.1 Å². The number of hydrogen-bond donors (Lipinski definition) is 2. The van der Waals surface area contributed by atoms with Crippen molar-refractivity contribution in [3.8, 4) is 0 Å². The van der Waals surface area contributed by atoms with E-state index in [0.29, 0.717) is 12.1 Å². The summed E-state index contributed by atoms with van der Waals surface area (Å²) in [7, 11) is 0. The molecule has 0 radical (unpaired) electrons. The van der Waals surface area contributed by atoms with E-state index in [2.05, 4.69) is 38.9 Å². The van der Waals surface area contributed by atoms with Crippen molar-refractivity contribution in [2.45, 2.75) is 11.3 Å². The fraction of sp³-hybridized carbons (Fsp3) is 0.167. The van der Waals surface area contributed by atoms with Gasteiger partial charge in [0.05, 0.1) is 16.8 Å². The maximum absolute atomic E-state index is 12.0. The topological polar surface area (TPSA) is 42.0 Å². The fourth-order valence-corrected chi connectivity index (χ4v) is 2.67. The summed E-state index contributed by atoms with van der Waals surface area (Å²) in [6.45, 7) is 0.575. The van der Waals surface area contributed by atoms with Gasteiger partial charge in [0.25, 0.3) is 5.91 Å². The van der Waals surface area contributed by atoms with Crippen LogP contribution in [0.2, 0.25) is 0 Å². The van der Waals surface area contributed by atoms with Gasteiger partial charge in [-0.15, -0.1) is 24.0 Å². The number of nitrogens with zero attached hydrogens (tertiary/aromatic N) is 1. The number of amides is 1. The van der Waals surface area contributed by atoms with E-state index >= 15 is 0 Å². The Hall–Kier alpha value is -0.850. The Kier molecular flexibility index (Phi) is 4.79. The third kappa shape index (κ3) is 3.57. The second-order valence-corrected chi connectivity index (χ2v) is 5.74. The first kappa shape index (κ1) is 13.6. The number of carbonyl (C=O) groups is 1. The summed E-state index contributed by atoms with van der Waals surface area (Å²) >= 11 is 9.14. The average molecular weight is 343 g/mol. The van der Waals surface area contributed by atoms with Crippen LogP contribution in [0, 0.1) is 0 Å². The lowest BCUT2D eigenvalue weighted by Crippen LogP contribution is -2.26. The molecule has 94 valence electrons. The highest BCUT2D eigenvalue weighted by atomic mass is 79.9. The third-order valence-electron chi connectivity index (χ3n) is 2.34. The standard InChI is InChI=1S/C12H11BrN2OS2/c13-11-2-1-9(17)5-10(11)12(16)14-4-3-8-6-18-7-15-8/h1-2,5-7,17H,3-4H2,(H,14,16). The molecular weight excluding hydrogens is 332 g/mol. The normalized spacial score (nSPS) is 10.3. The molecule has 0 bridgehead atoms. The molecule has 1 aromatic carbocycles. The number of nitrogens with one attached hydrogen (secondary N) is 1. The van der Waals surface area contributed by atoms with Crippen molar-refractivity contribution in [3.63, 3.8) is 0 Å². The van der Waals surface area contributed by atoms with Crippen molar-refractivity contribution in [2.75, 3.05) is 6.54 Å². The van der Waals surface area contributed by atoms with E-state index in [-0.39, 0.29) is 5.91 Å². The molecule has 0 aliphatic heterocycles. The van der Waals surface area contributed by atoms with E-state index in [1.807, 2.05) is 17.5 Å². The van der Waals surface area contributed by atoms with Crippen LogP contribution < -0.4 is 5.32 Å². The number of carbonyl (C=O) groups excluding carboxylic acids is 1. The molecule has 3 nitrogen and oxygen atoms in total. The molecule has 0 atom stereocenters. The van der Waals surface area contributed by atoms with Crippen LogP contribution in [0.25, 0.3) is 0 Å². The number of halogens is 1. The molecule has 1 heterocycles. The predicted octanol–water partition coefficient (Wildman–Crippen LogP) is 3.17. The van der Waals surface area contributed by atoms with Gasteiger partial charge >= 0.3 is 0 Å². The third-order valence-corrected chi connectivity index (χ3v) is 3.95. The van der Waals surface area contributed by atoms with Crippen LogP contribution >= 0.6 is 39.9 Å². The van der Waals surface area contributed by atoms with Gasteiger partial charge in [-0.1, -0.05) is 0 Å². The van der Waals surface area contributed by atoms with Crippen LogP contribution in [-0.4, -0.2) is 17.4 Å². The van der Waals surface area contributed by atoms with Crippen LogP contribution in [0.15, 0.2) is 38.5 Å². The summed E-state index contributed by atoms with van der Waals surface area (Å²) in [5.41, 5.74) is 3.39. The Bertz CT molecular complexity index is 543. The summed E-state index contributed by atoms with van der Waals surface area (Å²) in [5.74, 6) is -0.104. The summed E-state index contributed by atoms with van der Waals surface area (Å²) < 4.78 is 0.770. The first-order valence-corrected chi connectivity index (χ1v) is 7.49. The molecule has 0 aliphatic carbocycles. The van der Waals surface area contributed by atoms with Gasteiger partial charge in [-0.2, -0.15) is 0 Å². The molecule has 1 N–H and O–H groups in total. The van der Waals surface area contributed by atoms with E-state index in [0.717, 1.165) is 21.5 Å². The van der Waals surface area contributed by atoms with Gasteiger partial charge < -0.3 is 5.32 Å². The van der Waals surface area contributed by atoms with Crippen LogP contribution in [-0.2, 0) is 6.42 Å². The van der Waals surface area contributed by atoms with Crippen molar-refractivity contribution < 1.29 is 4.79 Å². The minimum absolute atomic E-state index is 0.104. The Morgan fingerprint density at radius 1 is 1.50 bits per heavy atom. The van der Waals surface area contributed by atoms with E-state index in [4.69, 9.17) is 0 Å². The van der Waals surface area contributed by atoms with Crippen LogP contribution in [0.3, 0.4) is 0 Å². The highest BCUT2D eigenvalue weighted by Crippen LogP contribution is 2.20. The SMILES string of the molecule is O=C(NCCc1cscn1)c1cc(S)ccc1Br. The van der Waals surface area contributed by atoms with E-state index in [9.17, 15) is 4.79 Å². The van der Waals surface area contributed by atoms with E-state index in [1.165, 1.54) is 0 Å². The van der Waals surface area contributed by atoms with Gasteiger partial charge in [-0.05, 0) is 34.1 Å². The molecule has 1 amide bonds. The van der Waals surface area contributed by atoms with Gasteiger partial charge in [-0.3, -0.25) is 4.79 Å². The molecule has 0 fully saturated rings. The van der Waals surface area contributed by atoms with Gasteiger partial charge in [0, 0.05) is 27.7 Å². The summed E-state index contributed by atoms with van der Waals surface area (Å²) in [5, 5.41) is 4.85. The Labute approximate surface area is 123 Å². The monoisotopic (exact) mass is 342 g/mol. The molecular formula is C12H11BrN2OS2. The molecule has 0 saturated carbocycles. The molecule has 0 unspecified atom stereocenters. The quantitative estimate of drug-likeness (QED) is 0.838. The molecule has 2 aromatic rings. The zero-order valence-electron chi connectivity index (χ0n) is 9.39. The van der Waals surface area contributed by atoms with Crippen LogP contribution in [0.5, 0.6) is 0 Å². The lowest BCUT2D eigenvalue weighted by atomic mass is 10.2. The van der Waals surface area contributed by atoms with Crippen molar-refractivity contribution in [1.82, 2.24) is 10.3 Å². The highest BCUT2D eigenvalue weighted by Gasteiger charge is 2.09. The lowest BCUT2D eigenvalue weighted by Gasteiger charge is -2.06. The number of hydrogen-bond acceptors (Lipinski definition) is 4. The highest BCUT2D eigenvalue weighted by molar-refractivity contribution is 9.10. The van der Waals surface area contributed by atoms with Crippen molar-refractivity contribution in [1.29, 1.82) is 0 Å². The Balaban J connectivity index is 1.93. The fourth-order valence-electron chi connectivity index (χ4n) is 1.45. The first-order chi connectivity index (χ1) is 8.66. The molecule has 18 heavy (non-hydrogen) atoms. The Morgan fingerprint density at radius 3 is 3.06 bits per heavy atom. The van der Waals surface area contributed by atoms with E-state index < -0.39 is 0 Å². The van der Waals surface area contributed by atoms with Crippen molar-refractivity contribution in [2.24, 2.45) is 0 Å². The number of rotatable bonds is 4. The van der Waals surface area contributed by atoms with Crippen molar-refractivity contribution in [3.05, 3.63) is 44.8 Å². The second-order valence-electron chi connectivity index (χ2n) is 3.65. The van der Waals surface area contributed by atoms with Crippen molar-refractivity contribution >= 4 is 45.8 Å². The smallest absolute Gasteiger partial charge is 0.252 e. The maximum atomic E-state index is 12.0. The number of benzene rings is 1. The summed E-state index contributed by atoms with van der Waals surface area (Å²) in [4.78, 5) is 16.9. The number of aromatic nitrogens is 1. The minimum atomic E-state index is -0.104. The molecule has 6 heteroatoms. The van der Waals surface area contributed by atoms with Gasteiger partial charge in [0.1, 0.15) is 0 Å². The van der Waals surface area contributed by atoms with Crippen LogP contribution in [0.4, 0.5) is 0 Å². The molecule has 0 aliphatic rings. The maximum Gasteiger partial charge on any atom is 0.252 e. The van der Waals surface area contributed by atoms with Gasteiger partial charge in [-0.25, -0.2) is 4.98 Å². The van der Waals surface area contributed by atoms with Gasteiger partial charge in [0.15, 0.2) is 0 Å². The minimum Gasteiger partial charge on any atom is -0.352 e. The average Bonchev–Trinajstić information content (AvgIpc) is 2.85. The number of thiazole rings is 1. The summed E-state index contributed by atoms with van der Waals surface area (Å²) in [6, 6.07) is 5.39. The lowest BCUT2D eigenvalue weighted by molar-refractivity contribution is 0.0953. The molecule has 0 saturated heterocycles. The largest absolute Gasteiger partial charge is 0.352 e. The second kappa shape index (κ2) is 6.36. The number of thiol groups is 1. The molecule has 2 rings (SSSR count). The molecule has 0 spiro atoms. The van der Waals surface area contributed by atoms with Gasteiger partial charge in [0.2, 0.25) is 0 Å². The van der Waals surface area contributed by atoms with E-state index in [1.54, 1.807) is 22.9 Å². The zero-order chi connectivity index (χ0) is 13.0.